The van der Waals surface area contributed by atoms with Crippen LogP contribution in [0.1, 0.15) is 12.8 Å². The first kappa shape index (κ1) is 15.6. The highest BCUT2D eigenvalue weighted by molar-refractivity contribution is 5.83. The number of nitrogens with zero attached hydrogens (tertiary/aromatic N) is 1. The smallest absolute Gasteiger partial charge is 0.471 e. The molecule has 1 rings (SSSR count). The zero-order valence-electron chi connectivity index (χ0n) is 9.25. The van der Waals surface area contributed by atoms with Gasteiger partial charge in [0.15, 0.2) is 0 Å². The molecule has 0 radical (unpaired) electrons. The topological polar surface area (TPSA) is 57.6 Å². The standard InChI is InChI=1S/C9H9F6NO3/c10-8(11,12)5-4(6(17)18)2-1-3-16(5)7(19)9(13,14)15/h4-5H,1-3H2,(H,17,18). The van der Waals surface area contributed by atoms with Crippen LogP contribution in [0.4, 0.5) is 26.3 Å². The number of carbonyl (C=O) groups is 2. The number of piperidine rings is 1. The largest absolute Gasteiger partial charge is 0.481 e. The third kappa shape index (κ3) is 3.29. The molecule has 0 aromatic rings. The fourth-order valence-electron chi connectivity index (χ4n) is 2.05. The Balaban J connectivity index is 3.14. The van der Waals surface area contributed by atoms with Crippen LogP contribution >= 0.6 is 0 Å². The summed E-state index contributed by atoms with van der Waals surface area (Å²) in [4.78, 5) is 21.2. The van der Waals surface area contributed by atoms with Gasteiger partial charge in [0.05, 0.1) is 5.92 Å². The number of alkyl halides is 6. The Labute approximate surface area is 103 Å². The Hall–Kier alpha value is -1.48. The van der Waals surface area contributed by atoms with E-state index in [4.69, 9.17) is 5.11 Å². The molecule has 1 heterocycles. The van der Waals surface area contributed by atoms with Crippen LogP contribution in [0, 0.1) is 5.92 Å². The van der Waals surface area contributed by atoms with Gasteiger partial charge < -0.3 is 10.0 Å². The van der Waals surface area contributed by atoms with E-state index in [9.17, 15) is 35.9 Å². The van der Waals surface area contributed by atoms with Crippen molar-refractivity contribution in [2.45, 2.75) is 31.2 Å². The lowest BCUT2D eigenvalue weighted by Gasteiger charge is -2.40. The number of carboxylic acid groups (broad SMARTS) is 1. The summed E-state index contributed by atoms with van der Waals surface area (Å²) < 4.78 is 74.8. The zero-order valence-corrected chi connectivity index (χ0v) is 9.25. The summed E-state index contributed by atoms with van der Waals surface area (Å²) in [7, 11) is 0. The molecule has 0 aliphatic carbocycles. The maximum atomic E-state index is 12.7. The lowest BCUT2D eigenvalue weighted by molar-refractivity contribution is -0.229. The van der Waals surface area contributed by atoms with Crippen molar-refractivity contribution in [1.82, 2.24) is 4.90 Å². The molecule has 0 saturated carbocycles. The average Bonchev–Trinajstić information content (AvgIpc) is 2.24. The molecule has 4 nitrogen and oxygen atoms in total. The normalized spacial score (nSPS) is 25.3. The third-order valence-electron chi connectivity index (χ3n) is 2.79. The number of rotatable bonds is 1. The summed E-state index contributed by atoms with van der Waals surface area (Å²) in [6.45, 7) is -0.772. The van der Waals surface area contributed by atoms with Gasteiger partial charge in [-0.3, -0.25) is 9.59 Å². The van der Waals surface area contributed by atoms with Gasteiger partial charge in [0, 0.05) is 6.54 Å². The molecule has 2 atom stereocenters. The fourth-order valence-corrected chi connectivity index (χ4v) is 2.05. The molecule has 0 spiro atoms. The number of hydrogen-bond donors (Lipinski definition) is 1. The molecule has 0 aromatic heterocycles. The molecule has 1 aliphatic heterocycles. The second kappa shape index (κ2) is 4.89. The Morgan fingerprint density at radius 2 is 1.63 bits per heavy atom. The maximum Gasteiger partial charge on any atom is 0.471 e. The van der Waals surface area contributed by atoms with E-state index in [1.54, 1.807) is 0 Å². The second-order valence-electron chi connectivity index (χ2n) is 4.07. The minimum absolute atomic E-state index is 0.231. The average molecular weight is 293 g/mol. The van der Waals surface area contributed by atoms with E-state index >= 15 is 0 Å². The zero-order chi connectivity index (χ0) is 15.0. The van der Waals surface area contributed by atoms with E-state index < -0.39 is 54.1 Å². The first-order valence-electron chi connectivity index (χ1n) is 5.13. The van der Waals surface area contributed by atoms with Crippen molar-refractivity contribution in [2.75, 3.05) is 6.54 Å². The second-order valence-corrected chi connectivity index (χ2v) is 4.07. The Morgan fingerprint density at radius 3 is 2.00 bits per heavy atom. The Bertz CT molecular complexity index is 377. The van der Waals surface area contributed by atoms with E-state index in [0.717, 1.165) is 0 Å². The van der Waals surface area contributed by atoms with Crippen LogP contribution in [0.5, 0.6) is 0 Å². The molecule has 1 saturated heterocycles. The maximum absolute atomic E-state index is 12.7. The van der Waals surface area contributed by atoms with Gasteiger partial charge in [-0.25, -0.2) is 0 Å². The van der Waals surface area contributed by atoms with E-state index in [1.165, 1.54) is 0 Å². The molecule has 0 bridgehead atoms. The molecule has 1 amide bonds. The molecule has 1 N–H and O–H groups in total. The van der Waals surface area contributed by atoms with Crippen LogP contribution in [-0.4, -0.2) is 46.8 Å². The predicted molar refractivity (Wildman–Crippen MR) is 48.0 cm³/mol. The molecule has 110 valence electrons. The first-order chi connectivity index (χ1) is 8.46. The molecule has 0 aromatic carbocycles. The van der Waals surface area contributed by atoms with Crippen LogP contribution in [0.3, 0.4) is 0 Å². The minimum Gasteiger partial charge on any atom is -0.481 e. The Kier molecular flexibility index (Phi) is 4.01. The van der Waals surface area contributed by atoms with E-state index in [1.807, 2.05) is 0 Å². The van der Waals surface area contributed by atoms with E-state index in [0.29, 0.717) is 0 Å². The van der Waals surface area contributed by atoms with Gasteiger partial charge in [-0.2, -0.15) is 26.3 Å². The summed E-state index contributed by atoms with van der Waals surface area (Å²) in [5.74, 6) is -6.62. The lowest BCUT2D eigenvalue weighted by atomic mass is 9.88. The van der Waals surface area contributed by atoms with Gasteiger partial charge in [-0.05, 0) is 12.8 Å². The van der Waals surface area contributed by atoms with Gasteiger partial charge in [0.25, 0.3) is 0 Å². The van der Waals surface area contributed by atoms with E-state index in [2.05, 4.69) is 0 Å². The van der Waals surface area contributed by atoms with Crippen LogP contribution in [-0.2, 0) is 9.59 Å². The van der Waals surface area contributed by atoms with Gasteiger partial charge in [0.2, 0.25) is 0 Å². The fraction of sp³-hybridized carbons (Fsp3) is 0.778. The van der Waals surface area contributed by atoms with Crippen molar-refractivity contribution in [2.24, 2.45) is 5.92 Å². The van der Waals surface area contributed by atoms with Gasteiger partial charge >= 0.3 is 24.2 Å². The van der Waals surface area contributed by atoms with Gasteiger partial charge in [-0.15, -0.1) is 0 Å². The van der Waals surface area contributed by atoms with Crippen molar-refractivity contribution in [1.29, 1.82) is 0 Å². The lowest BCUT2D eigenvalue weighted by Crippen LogP contribution is -2.60. The highest BCUT2D eigenvalue weighted by atomic mass is 19.4. The Morgan fingerprint density at radius 1 is 1.11 bits per heavy atom. The first-order valence-corrected chi connectivity index (χ1v) is 5.13. The van der Waals surface area contributed by atoms with Crippen LogP contribution < -0.4 is 0 Å². The molecule has 1 aliphatic rings. The van der Waals surface area contributed by atoms with Crippen molar-refractivity contribution in [3.05, 3.63) is 0 Å². The van der Waals surface area contributed by atoms with Crippen molar-refractivity contribution >= 4 is 11.9 Å². The van der Waals surface area contributed by atoms with Crippen molar-refractivity contribution < 1.29 is 41.0 Å². The number of amides is 1. The number of carbonyl (C=O) groups excluding carboxylic acids is 1. The number of aliphatic carboxylic acids is 1. The summed E-state index contributed by atoms with van der Waals surface area (Å²) in [5, 5.41) is 8.66. The summed E-state index contributed by atoms with van der Waals surface area (Å²) in [6, 6.07) is -2.95. The summed E-state index contributed by atoms with van der Waals surface area (Å²) in [5.41, 5.74) is 0. The SMILES string of the molecule is O=C(O)C1CCCN(C(=O)C(F)(F)F)C1C(F)(F)F. The number of halogens is 6. The van der Waals surface area contributed by atoms with Crippen LogP contribution in [0.25, 0.3) is 0 Å². The molecule has 2 unspecified atom stereocenters. The number of likely N-dealkylation sites (tertiary alicyclic amines) is 1. The molecular formula is C9H9F6NO3. The highest BCUT2D eigenvalue weighted by Gasteiger charge is 2.57. The van der Waals surface area contributed by atoms with Crippen molar-refractivity contribution in [3.63, 3.8) is 0 Å². The summed E-state index contributed by atoms with van der Waals surface area (Å²) >= 11 is 0. The summed E-state index contributed by atoms with van der Waals surface area (Å²) in [6.07, 6.45) is -11.4. The molecule has 10 heteroatoms. The predicted octanol–water partition coefficient (Wildman–Crippen LogP) is 1.80. The number of carboxylic acids is 1. The monoisotopic (exact) mass is 293 g/mol. The van der Waals surface area contributed by atoms with Gasteiger partial charge in [0.1, 0.15) is 6.04 Å². The molecule has 1 fully saturated rings. The third-order valence-corrected chi connectivity index (χ3v) is 2.79. The molecule has 19 heavy (non-hydrogen) atoms. The van der Waals surface area contributed by atoms with Crippen LogP contribution in [0.2, 0.25) is 0 Å². The van der Waals surface area contributed by atoms with Gasteiger partial charge in [-0.1, -0.05) is 0 Å². The highest BCUT2D eigenvalue weighted by Crippen LogP contribution is 2.37. The molecular weight excluding hydrogens is 284 g/mol. The quantitative estimate of drug-likeness (QED) is 0.750. The van der Waals surface area contributed by atoms with Crippen LogP contribution in [0.15, 0.2) is 0 Å². The minimum atomic E-state index is -5.47. The van der Waals surface area contributed by atoms with E-state index in [-0.39, 0.29) is 6.42 Å². The van der Waals surface area contributed by atoms with Crippen molar-refractivity contribution in [3.8, 4) is 0 Å². The number of hydrogen-bond acceptors (Lipinski definition) is 2.